The van der Waals surface area contributed by atoms with Gasteiger partial charge in [0.25, 0.3) is 0 Å². The van der Waals surface area contributed by atoms with Gasteiger partial charge in [-0.15, -0.1) is 11.3 Å². The summed E-state index contributed by atoms with van der Waals surface area (Å²) in [5.41, 5.74) is 1.42. The van der Waals surface area contributed by atoms with Gasteiger partial charge in [0.1, 0.15) is 11.9 Å². The van der Waals surface area contributed by atoms with E-state index in [4.69, 9.17) is 5.11 Å². The number of aliphatic carboxylic acids is 1. The molecule has 1 heterocycles. The second kappa shape index (κ2) is 6.83. The molecule has 1 aromatic heterocycles. The van der Waals surface area contributed by atoms with E-state index in [1.807, 2.05) is 31.4 Å². The minimum atomic E-state index is -0.870. The molecule has 5 heteroatoms. The zero-order valence-corrected chi connectivity index (χ0v) is 12.8. The first kappa shape index (κ1) is 15.7. The van der Waals surface area contributed by atoms with Gasteiger partial charge in [-0.25, -0.2) is 4.39 Å². The van der Waals surface area contributed by atoms with Crippen molar-refractivity contribution in [3.8, 4) is 10.4 Å². The number of rotatable bonds is 6. The van der Waals surface area contributed by atoms with Crippen molar-refractivity contribution in [2.45, 2.75) is 26.4 Å². The molecule has 2 aromatic rings. The van der Waals surface area contributed by atoms with Crippen molar-refractivity contribution in [2.24, 2.45) is 5.92 Å². The van der Waals surface area contributed by atoms with Crippen molar-refractivity contribution in [1.29, 1.82) is 0 Å². The SMILES string of the molecule is CC(C)C(NCc1ccc(F)c(-c2cccs2)c1)C(=O)O. The van der Waals surface area contributed by atoms with Crippen molar-refractivity contribution in [3.05, 3.63) is 47.1 Å². The molecule has 3 nitrogen and oxygen atoms in total. The van der Waals surface area contributed by atoms with Crippen LogP contribution in [0.1, 0.15) is 19.4 Å². The van der Waals surface area contributed by atoms with Gasteiger partial charge in [-0.05, 0) is 35.1 Å². The number of halogens is 1. The lowest BCUT2D eigenvalue weighted by Gasteiger charge is -2.18. The fraction of sp³-hybridized carbons (Fsp3) is 0.312. The van der Waals surface area contributed by atoms with Crippen molar-refractivity contribution in [3.63, 3.8) is 0 Å². The molecule has 0 spiro atoms. The summed E-state index contributed by atoms with van der Waals surface area (Å²) in [7, 11) is 0. The quantitative estimate of drug-likeness (QED) is 0.854. The minimum Gasteiger partial charge on any atom is -0.480 e. The van der Waals surface area contributed by atoms with E-state index in [1.165, 1.54) is 17.4 Å². The van der Waals surface area contributed by atoms with Crippen LogP contribution in [0, 0.1) is 11.7 Å². The molecule has 0 saturated carbocycles. The summed E-state index contributed by atoms with van der Waals surface area (Å²) >= 11 is 1.48. The maximum absolute atomic E-state index is 13.9. The van der Waals surface area contributed by atoms with Crippen LogP contribution in [0.25, 0.3) is 10.4 Å². The summed E-state index contributed by atoms with van der Waals surface area (Å²) in [6, 6.07) is 8.02. The highest BCUT2D eigenvalue weighted by molar-refractivity contribution is 7.13. The standard InChI is InChI=1S/C16H18FNO2S/c1-10(2)15(16(19)20)18-9-11-5-6-13(17)12(8-11)14-4-3-7-21-14/h3-8,10,15,18H,9H2,1-2H3,(H,19,20). The Labute approximate surface area is 127 Å². The smallest absolute Gasteiger partial charge is 0.320 e. The molecule has 0 aliphatic carbocycles. The monoisotopic (exact) mass is 307 g/mol. The van der Waals surface area contributed by atoms with Gasteiger partial charge in [-0.1, -0.05) is 26.0 Å². The molecule has 2 rings (SSSR count). The van der Waals surface area contributed by atoms with E-state index in [1.54, 1.807) is 12.1 Å². The summed E-state index contributed by atoms with van der Waals surface area (Å²) in [6.07, 6.45) is 0. The molecule has 0 aliphatic heterocycles. The van der Waals surface area contributed by atoms with Crippen LogP contribution < -0.4 is 5.32 Å². The first-order chi connectivity index (χ1) is 9.99. The fourth-order valence-corrected chi connectivity index (χ4v) is 2.88. The lowest BCUT2D eigenvalue weighted by molar-refractivity contribution is -0.140. The van der Waals surface area contributed by atoms with Crippen molar-refractivity contribution in [1.82, 2.24) is 5.32 Å². The molecule has 0 bridgehead atoms. The number of benzene rings is 1. The first-order valence-corrected chi connectivity index (χ1v) is 7.65. The van der Waals surface area contributed by atoms with E-state index in [0.717, 1.165) is 10.4 Å². The minimum absolute atomic E-state index is 0.0142. The van der Waals surface area contributed by atoms with Gasteiger partial charge in [0.15, 0.2) is 0 Å². The Morgan fingerprint density at radius 2 is 2.14 bits per heavy atom. The number of carboxylic acid groups (broad SMARTS) is 1. The van der Waals surface area contributed by atoms with E-state index >= 15 is 0 Å². The van der Waals surface area contributed by atoms with E-state index in [9.17, 15) is 9.18 Å². The van der Waals surface area contributed by atoms with Crippen molar-refractivity contribution >= 4 is 17.3 Å². The van der Waals surface area contributed by atoms with Crippen LogP contribution in [-0.2, 0) is 11.3 Å². The van der Waals surface area contributed by atoms with Gasteiger partial charge in [-0.3, -0.25) is 4.79 Å². The van der Waals surface area contributed by atoms with Crippen molar-refractivity contribution < 1.29 is 14.3 Å². The molecule has 1 unspecified atom stereocenters. The molecular formula is C16H18FNO2S. The molecule has 0 amide bonds. The van der Waals surface area contributed by atoms with Crippen LogP contribution in [-0.4, -0.2) is 17.1 Å². The third kappa shape index (κ3) is 3.89. The lowest BCUT2D eigenvalue weighted by atomic mass is 10.0. The molecule has 21 heavy (non-hydrogen) atoms. The number of hydrogen-bond acceptors (Lipinski definition) is 3. The molecule has 2 N–H and O–H groups in total. The van der Waals surface area contributed by atoms with Gasteiger partial charge < -0.3 is 10.4 Å². The molecule has 0 radical (unpaired) electrons. The van der Waals surface area contributed by atoms with Gasteiger partial charge in [0.05, 0.1) is 0 Å². The lowest BCUT2D eigenvalue weighted by Crippen LogP contribution is -2.40. The second-order valence-electron chi connectivity index (χ2n) is 5.23. The first-order valence-electron chi connectivity index (χ1n) is 6.77. The number of carbonyl (C=O) groups is 1. The van der Waals surface area contributed by atoms with Crippen LogP contribution in [0.4, 0.5) is 4.39 Å². The van der Waals surface area contributed by atoms with Gasteiger partial charge in [0, 0.05) is 17.0 Å². The predicted molar refractivity (Wildman–Crippen MR) is 82.8 cm³/mol. The van der Waals surface area contributed by atoms with Gasteiger partial charge in [0.2, 0.25) is 0 Å². The van der Waals surface area contributed by atoms with Crippen LogP contribution in [0.3, 0.4) is 0 Å². The van der Waals surface area contributed by atoms with Crippen LogP contribution in [0.2, 0.25) is 0 Å². The Kier molecular flexibility index (Phi) is 5.09. The zero-order valence-electron chi connectivity index (χ0n) is 12.0. The summed E-state index contributed by atoms with van der Waals surface area (Å²) in [4.78, 5) is 12.0. The third-order valence-corrected chi connectivity index (χ3v) is 4.18. The van der Waals surface area contributed by atoms with E-state index in [0.29, 0.717) is 12.1 Å². The van der Waals surface area contributed by atoms with Gasteiger partial charge in [-0.2, -0.15) is 0 Å². The van der Waals surface area contributed by atoms with Crippen LogP contribution >= 0.6 is 11.3 Å². The molecule has 0 fully saturated rings. The highest BCUT2D eigenvalue weighted by atomic mass is 32.1. The summed E-state index contributed by atoms with van der Waals surface area (Å²) < 4.78 is 13.9. The normalized spacial score (nSPS) is 12.6. The highest BCUT2D eigenvalue weighted by Gasteiger charge is 2.20. The Morgan fingerprint density at radius 3 is 2.71 bits per heavy atom. The Bertz CT molecular complexity index is 611. The second-order valence-corrected chi connectivity index (χ2v) is 6.18. The summed E-state index contributed by atoms with van der Waals surface area (Å²) in [5.74, 6) is -1.15. The fourth-order valence-electron chi connectivity index (χ4n) is 2.14. The number of nitrogens with one attached hydrogen (secondary N) is 1. The third-order valence-electron chi connectivity index (χ3n) is 3.28. The molecule has 1 atom stereocenters. The number of thiophene rings is 1. The Morgan fingerprint density at radius 1 is 1.38 bits per heavy atom. The Balaban J connectivity index is 2.15. The highest BCUT2D eigenvalue weighted by Crippen LogP contribution is 2.28. The maximum atomic E-state index is 13.9. The van der Waals surface area contributed by atoms with Crippen LogP contribution in [0.5, 0.6) is 0 Å². The molecule has 112 valence electrons. The van der Waals surface area contributed by atoms with Crippen LogP contribution in [0.15, 0.2) is 35.7 Å². The maximum Gasteiger partial charge on any atom is 0.320 e. The van der Waals surface area contributed by atoms with Gasteiger partial charge >= 0.3 is 5.97 Å². The zero-order chi connectivity index (χ0) is 15.4. The van der Waals surface area contributed by atoms with E-state index in [2.05, 4.69) is 5.32 Å². The average molecular weight is 307 g/mol. The molecule has 1 aromatic carbocycles. The largest absolute Gasteiger partial charge is 0.480 e. The van der Waals surface area contributed by atoms with Crippen molar-refractivity contribution in [2.75, 3.05) is 0 Å². The summed E-state index contributed by atoms with van der Waals surface area (Å²) in [5, 5.41) is 14.1. The molecule has 0 saturated heterocycles. The summed E-state index contributed by atoms with van der Waals surface area (Å²) in [6.45, 7) is 4.11. The topological polar surface area (TPSA) is 49.3 Å². The molecule has 0 aliphatic rings. The van der Waals surface area contributed by atoms with E-state index < -0.39 is 12.0 Å². The Hall–Kier alpha value is -1.72. The molecular weight excluding hydrogens is 289 g/mol. The predicted octanol–water partition coefficient (Wildman–Crippen LogP) is 3.75. The van der Waals surface area contributed by atoms with E-state index in [-0.39, 0.29) is 11.7 Å². The number of hydrogen-bond donors (Lipinski definition) is 2. The number of carboxylic acids is 1. The average Bonchev–Trinajstić information content (AvgIpc) is 2.93.